The van der Waals surface area contributed by atoms with E-state index in [1.54, 1.807) is 111 Å². The highest BCUT2D eigenvalue weighted by Crippen LogP contribution is 2.43. The van der Waals surface area contributed by atoms with E-state index in [0.717, 1.165) is 0 Å². The average molecular weight is 703 g/mol. The van der Waals surface area contributed by atoms with Crippen molar-refractivity contribution in [3.05, 3.63) is 111 Å². The molecule has 0 unspecified atom stereocenters. The lowest BCUT2D eigenvalue weighted by atomic mass is 9.99. The summed E-state index contributed by atoms with van der Waals surface area (Å²) >= 11 is 0. The fourth-order valence-corrected chi connectivity index (χ4v) is 5.89. The second-order valence-corrected chi connectivity index (χ2v) is 11.3. The van der Waals surface area contributed by atoms with Crippen LogP contribution in [0.4, 0.5) is 0 Å². The molecule has 0 aliphatic rings. The number of nitrogens with zero attached hydrogens (tertiary/aromatic N) is 18. The van der Waals surface area contributed by atoms with Gasteiger partial charge in [0.15, 0.2) is 52.4 Å². The molecule has 0 aliphatic heterocycles. The second kappa shape index (κ2) is 12.8. The third kappa shape index (κ3) is 5.21. The highest BCUT2D eigenvalue weighted by Gasteiger charge is 2.29. The van der Waals surface area contributed by atoms with Crippen LogP contribution in [0.25, 0.3) is 102 Å². The van der Waals surface area contributed by atoms with Crippen molar-refractivity contribution in [2.45, 2.75) is 0 Å². The molecule has 9 heterocycles. The van der Waals surface area contributed by atoms with Gasteiger partial charge in [-0.2, -0.15) is 0 Å². The first-order valence-electron chi connectivity index (χ1n) is 16.2. The van der Waals surface area contributed by atoms with E-state index in [4.69, 9.17) is 29.9 Å². The van der Waals surface area contributed by atoms with Crippen LogP contribution in [0.2, 0.25) is 0 Å². The van der Waals surface area contributed by atoms with Gasteiger partial charge >= 0.3 is 0 Å². The molecule has 0 amide bonds. The quantitative estimate of drug-likeness (QED) is 0.220. The first-order valence-corrected chi connectivity index (χ1v) is 16.2. The molecule has 0 radical (unpaired) electrons. The molecule has 0 bridgehead atoms. The summed E-state index contributed by atoms with van der Waals surface area (Å²) in [6.45, 7) is 0. The Morgan fingerprint density at radius 3 is 0.630 bits per heavy atom. The standard InChI is InChI=1S/C36H18N18/c1-7-37-28(38-8-1)25-19-22(49-34(52-25)31-43-13-4-14-44-31)20-24(51-36(33-47-17-6-18-48-33)54-26(20)29-39-9-2-10-40-29)21-23(19)50-35(32-45-15-5-16-46-32)53-27(21)30-41-11-3-12-42-30/h1-18H. The maximum Gasteiger partial charge on any atom is 0.199 e. The number of hydrogen-bond donors (Lipinski definition) is 0. The Morgan fingerprint density at radius 2 is 0.407 bits per heavy atom. The normalized spacial score (nSPS) is 11.3. The van der Waals surface area contributed by atoms with E-state index in [2.05, 4.69) is 59.8 Å². The van der Waals surface area contributed by atoms with Crippen molar-refractivity contribution in [2.75, 3.05) is 0 Å². The summed E-state index contributed by atoms with van der Waals surface area (Å²) in [4.78, 5) is 84.8. The van der Waals surface area contributed by atoms with Gasteiger partial charge in [-0.3, -0.25) is 0 Å². The molecule has 18 heteroatoms. The van der Waals surface area contributed by atoms with Gasteiger partial charge in [-0.05, 0) is 36.4 Å². The molecule has 10 rings (SSSR count). The molecule has 0 spiro atoms. The Balaban J connectivity index is 1.50. The van der Waals surface area contributed by atoms with Gasteiger partial charge in [0.1, 0.15) is 17.1 Å². The van der Waals surface area contributed by atoms with Crippen molar-refractivity contribution >= 4 is 32.7 Å². The molecule has 18 nitrogen and oxygen atoms in total. The Morgan fingerprint density at radius 1 is 0.204 bits per heavy atom. The van der Waals surface area contributed by atoms with Crippen LogP contribution in [0.5, 0.6) is 0 Å². The molecule has 252 valence electrons. The number of aromatic nitrogens is 18. The van der Waals surface area contributed by atoms with Crippen LogP contribution in [-0.2, 0) is 0 Å². The number of hydrogen-bond acceptors (Lipinski definition) is 18. The molecule has 0 atom stereocenters. The predicted octanol–water partition coefficient (Wildman–Crippen LogP) is 4.26. The van der Waals surface area contributed by atoms with E-state index >= 15 is 0 Å². The molecule has 1 aromatic carbocycles. The van der Waals surface area contributed by atoms with Gasteiger partial charge in [0, 0.05) is 74.4 Å². The highest BCUT2D eigenvalue weighted by molar-refractivity contribution is 6.29. The van der Waals surface area contributed by atoms with Crippen molar-refractivity contribution in [3.63, 3.8) is 0 Å². The zero-order valence-corrected chi connectivity index (χ0v) is 27.4. The number of benzene rings is 1. The summed E-state index contributed by atoms with van der Waals surface area (Å²) in [5.74, 6) is 2.19. The molecular weight excluding hydrogens is 685 g/mol. The summed E-state index contributed by atoms with van der Waals surface area (Å²) in [6.07, 6.45) is 19.4. The van der Waals surface area contributed by atoms with E-state index in [-0.39, 0.29) is 52.4 Å². The lowest BCUT2D eigenvalue weighted by molar-refractivity contribution is 1.07. The fraction of sp³-hybridized carbons (Fsp3) is 0. The lowest BCUT2D eigenvalue weighted by Gasteiger charge is -2.17. The van der Waals surface area contributed by atoms with Gasteiger partial charge < -0.3 is 0 Å². The molecule has 0 fully saturated rings. The summed E-state index contributed by atoms with van der Waals surface area (Å²) in [5, 5.41) is 1.30. The van der Waals surface area contributed by atoms with Crippen molar-refractivity contribution in [1.29, 1.82) is 0 Å². The number of fused-ring (bicyclic) bond motifs is 6. The minimum atomic E-state index is 0.189. The first-order chi connectivity index (χ1) is 26.8. The van der Waals surface area contributed by atoms with Crippen LogP contribution in [0.1, 0.15) is 0 Å². The zero-order chi connectivity index (χ0) is 35.8. The summed E-state index contributed by atoms with van der Waals surface area (Å²) < 4.78 is 0. The van der Waals surface area contributed by atoms with Gasteiger partial charge in [0.25, 0.3) is 0 Å². The Bertz CT molecular complexity index is 2610. The fourth-order valence-electron chi connectivity index (χ4n) is 5.89. The van der Waals surface area contributed by atoms with Crippen LogP contribution in [-0.4, -0.2) is 89.7 Å². The molecule has 0 N–H and O–H groups in total. The van der Waals surface area contributed by atoms with Gasteiger partial charge in [-0.25, -0.2) is 89.7 Å². The largest absolute Gasteiger partial charge is 0.235 e. The van der Waals surface area contributed by atoms with Gasteiger partial charge in [0.2, 0.25) is 0 Å². The molecule has 9 aromatic heterocycles. The Labute approximate surface area is 302 Å². The van der Waals surface area contributed by atoms with Crippen molar-refractivity contribution in [1.82, 2.24) is 89.7 Å². The predicted molar refractivity (Wildman–Crippen MR) is 192 cm³/mol. The maximum atomic E-state index is 5.12. The molecule has 10 aromatic rings. The maximum absolute atomic E-state index is 5.12. The van der Waals surface area contributed by atoms with Gasteiger partial charge in [0.05, 0.1) is 32.7 Å². The van der Waals surface area contributed by atoms with Crippen molar-refractivity contribution in [2.24, 2.45) is 0 Å². The van der Waals surface area contributed by atoms with Crippen molar-refractivity contribution in [3.8, 4) is 69.5 Å². The number of rotatable bonds is 6. The Hall–Kier alpha value is -8.28. The average Bonchev–Trinajstić information content (AvgIpc) is 3.27. The lowest BCUT2D eigenvalue weighted by Crippen LogP contribution is -2.07. The van der Waals surface area contributed by atoms with Gasteiger partial charge in [-0.15, -0.1) is 0 Å². The smallest absolute Gasteiger partial charge is 0.199 e. The second-order valence-electron chi connectivity index (χ2n) is 11.3. The minimum absolute atomic E-state index is 0.189. The Kier molecular flexibility index (Phi) is 7.24. The molecule has 0 saturated carbocycles. The molecule has 0 aliphatic carbocycles. The van der Waals surface area contributed by atoms with E-state index in [0.29, 0.717) is 49.8 Å². The van der Waals surface area contributed by atoms with Crippen LogP contribution >= 0.6 is 0 Å². The summed E-state index contributed by atoms with van der Waals surface area (Å²) in [6, 6.07) is 10.3. The summed E-state index contributed by atoms with van der Waals surface area (Å²) in [7, 11) is 0. The van der Waals surface area contributed by atoms with Crippen LogP contribution in [0.15, 0.2) is 111 Å². The zero-order valence-electron chi connectivity index (χ0n) is 27.4. The minimum Gasteiger partial charge on any atom is -0.235 e. The topological polar surface area (TPSA) is 232 Å². The highest BCUT2D eigenvalue weighted by atomic mass is 15.1. The van der Waals surface area contributed by atoms with Crippen LogP contribution in [0.3, 0.4) is 0 Å². The molecule has 0 saturated heterocycles. The third-order valence-corrected chi connectivity index (χ3v) is 8.07. The van der Waals surface area contributed by atoms with E-state index < -0.39 is 0 Å². The molecule has 54 heavy (non-hydrogen) atoms. The monoisotopic (exact) mass is 702 g/mol. The van der Waals surface area contributed by atoms with E-state index in [1.807, 2.05) is 0 Å². The SMILES string of the molecule is c1cnc(-c2nc(-c3ncccn3)c3c(n2)c2c(-c4ncccn4)nc(-c4ncccn4)nc2c2c(-c4ncccn4)nc(-c4ncccn4)nc32)nc1. The van der Waals surface area contributed by atoms with E-state index in [9.17, 15) is 0 Å². The summed E-state index contributed by atoms with van der Waals surface area (Å²) in [5.41, 5.74) is 2.05. The van der Waals surface area contributed by atoms with Crippen molar-refractivity contribution < 1.29 is 0 Å². The van der Waals surface area contributed by atoms with Crippen LogP contribution < -0.4 is 0 Å². The third-order valence-electron chi connectivity index (χ3n) is 8.07. The van der Waals surface area contributed by atoms with E-state index in [1.165, 1.54) is 0 Å². The van der Waals surface area contributed by atoms with Gasteiger partial charge in [-0.1, -0.05) is 0 Å². The first kappa shape index (κ1) is 30.5. The van der Waals surface area contributed by atoms with Crippen LogP contribution in [0, 0.1) is 0 Å². The molecular formula is C36H18N18.